The van der Waals surface area contributed by atoms with Crippen LogP contribution in [0, 0.1) is 0 Å². The Labute approximate surface area is 96.7 Å². The van der Waals surface area contributed by atoms with E-state index in [0.717, 1.165) is 18.4 Å². The molecule has 0 spiro atoms. The highest BCUT2D eigenvalue weighted by molar-refractivity contribution is 5.94. The number of rotatable bonds is 5. The minimum Gasteiger partial charge on any atom is -0.293 e. The quantitative estimate of drug-likeness (QED) is 0.548. The largest absolute Gasteiger partial charge is 0.293 e. The molecule has 84 valence electrons. The molecule has 2 heteroatoms. The summed E-state index contributed by atoms with van der Waals surface area (Å²) in [5, 5.41) is 0. The third kappa shape index (κ3) is 3.46. The van der Waals surface area contributed by atoms with E-state index in [9.17, 15) is 4.79 Å². The minimum absolute atomic E-state index is 0.0134. The van der Waals surface area contributed by atoms with Gasteiger partial charge >= 0.3 is 0 Å². The first-order valence-electron chi connectivity index (χ1n) is 5.36. The van der Waals surface area contributed by atoms with Gasteiger partial charge in [0.15, 0.2) is 5.78 Å². The Bertz CT molecular complexity index is 404. The standard InChI is InChI=1S/C14H17NO/c1-11(14(15-3)12(2)16)9-10-13-7-5-4-6-8-13/h4-8H,3,9-10H2,1-2H3/b14-11-. The number of carbonyl (C=O) groups excluding carboxylic acids is 1. The summed E-state index contributed by atoms with van der Waals surface area (Å²) in [5.41, 5.74) is 2.79. The number of hydrogen-bond donors (Lipinski definition) is 0. The molecule has 0 heterocycles. The van der Waals surface area contributed by atoms with Gasteiger partial charge < -0.3 is 0 Å². The first kappa shape index (κ1) is 12.4. The van der Waals surface area contributed by atoms with Gasteiger partial charge in [-0.1, -0.05) is 30.3 Å². The summed E-state index contributed by atoms with van der Waals surface area (Å²) in [6.45, 7) is 6.89. The summed E-state index contributed by atoms with van der Waals surface area (Å²) < 4.78 is 0. The molecule has 0 aliphatic heterocycles. The topological polar surface area (TPSA) is 29.4 Å². The average Bonchev–Trinajstić information content (AvgIpc) is 2.28. The molecule has 1 aromatic rings. The lowest BCUT2D eigenvalue weighted by Gasteiger charge is -2.05. The molecule has 0 aromatic heterocycles. The number of aryl methyl sites for hydroxylation is 1. The molecule has 1 aromatic carbocycles. The number of ketones is 1. The minimum atomic E-state index is -0.0134. The second kappa shape index (κ2) is 6.01. The molecule has 0 fully saturated rings. The van der Waals surface area contributed by atoms with Crippen LogP contribution in [0.5, 0.6) is 0 Å². The van der Waals surface area contributed by atoms with E-state index < -0.39 is 0 Å². The van der Waals surface area contributed by atoms with Gasteiger partial charge in [-0.25, -0.2) is 0 Å². The lowest BCUT2D eigenvalue weighted by atomic mass is 10.0. The number of carbonyl (C=O) groups is 1. The number of hydrogen-bond acceptors (Lipinski definition) is 2. The molecule has 1 rings (SSSR count). The Kier molecular flexibility index (Phi) is 4.65. The van der Waals surface area contributed by atoms with Gasteiger partial charge in [0.25, 0.3) is 0 Å². The summed E-state index contributed by atoms with van der Waals surface area (Å²) in [6.07, 6.45) is 1.77. The SMILES string of the molecule is C=N/C(C(C)=O)=C(/C)CCc1ccccc1. The predicted octanol–water partition coefficient (Wildman–Crippen LogP) is 3.18. The maximum Gasteiger partial charge on any atom is 0.178 e. The molecule has 0 saturated carbocycles. The van der Waals surface area contributed by atoms with Crippen molar-refractivity contribution in [3.63, 3.8) is 0 Å². The Morgan fingerprint density at radius 3 is 2.38 bits per heavy atom. The average molecular weight is 215 g/mol. The van der Waals surface area contributed by atoms with Crippen LogP contribution in [0.25, 0.3) is 0 Å². The van der Waals surface area contributed by atoms with Crippen molar-refractivity contribution >= 4 is 12.5 Å². The Balaban J connectivity index is 2.68. The van der Waals surface area contributed by atoms with Gasteiger partial charge in [-0.2, -0.15) is 0 Å². The summed E-state index contributed by atoms with van der Waals surface area (Å²) in [7, 11) is 0. The fraction of sp³-hybridized carbons (Fsp3) is 0.286. The molecule has 0 atom stereocenters. The van der Waals surface area contributed by atoms with Crippen LogP contribution >= 0.6 is 0 Å². The van der Waals surface area contributed by atoms with Crippen LogP contribution in [0.3, 0.4) is 0 Å². The van der Waals surface area contributed by atoms with Crippen LogP contribution < -0.4 is 0 Å². The van der Waals surface area contributed by atoms with Crippen molar-refractivity contribution < 1.29 is 4.79 Å². The van der Waals surface area contributed by atoms with Crippen molar-refractivity contribution in [3.8, 4) is 0 Å². The summed E-state index contributed by atoms with van der Waals surface area (Å²) in [4.78, 5) is 15.0. The second-order valence-electron chi connectivity index (χ2n) is 3.83. The van der Waals surface area contributed by atoms with Crippen LogP contribution in [-0.2, 0) is 11.2 Å². The second-order valence-corrected chi connectivity index (χ2v) is 3.83. The van der Waals surface area contributed by atoms with Crippen molar-refractivity contribution in [1.29, 1.82) is 0 Å². The molecule has 0 radical (unpaired) electrons. The number of aliphatic imine (C=N–C) groups is 1. The third-order valence-corrected chi connectivity index (χ3v) is 2.53. The molecule has 0 aliphatic carbocycles. The van der Waals surface area contributed by atoms with Crippen LogP contribution in [0.4, 0.5) is 0 Å². The maximum absolute atomic E-state index is 11.2. The number of nitrogens with zero attached hydrogens (tertiary/aromatic N) is 1. The third-order valence-electron chi connectivity index (χ3n) is 2.53. The van der Waals surface area contributed by atoms with E-state index in [-0.39, 0.29) is 5.78 Å². The van der Waals surface area contributed by atoms with E-state index >= 15 is 0 Å². The maximum atomic E-state index is 11.2. The number of Topliss-reactive ketones (excluding diaryl/α,β-unsaturated/α-hetero) is 1. The zero-order chi connectivity index (χ0) is 12.0. The van der Waals surface area contributed by atoms with E-state index in [0.29, 0.717) is 5.70 Å². The Morgan fingerprint density at radius 1 is 1.25 bits per heavy atom. The highest BCUT2D eigenvalue weighted by Gasteiger charge is 2.05. The molecule has 0 amide bonds. The monoisotopic (exact) mass is 215 g/mol. The van der Waals surface area contributed by atoms with E-state index in [1.54, 1.807) is 0 Å². The van der Waals surface area contributed by atoms with Gasteiger partial charge in [0, 0.05) is 6.92 Å². The van der Waals surface area contributed by atoms with Crippen LogP contribution in [0.1, 0.15) is 25.8 Å². The van der Waals surface area contributed by atoms with E-state index in [4.69, 9.17) is 0 Å². The lowest BCUT2D eigenvalue weighted by molar-refractivity contribution is -0.113. The van der Waals surface area contributed by atoms with Gasteiger partial charge in [0.2, 0.25) is 0 Å². The van der Waals surface area contributed by atoms with E-state index in [1.807, 2.05) is 25.1 Å². The van der Waals surface area contributed by atoms with Gasteiger partial charge in [-0.3, -0.25) is 9.79 Å². The molecular formula is C14H17NO. The molecular weight excluding hydrogens is 198 g/mol. The molecule has 0 N–H and O–H groups in total. The van der Waals surface area contributed by atoms with Crippen molar-refractivity contribution in [2.24, 2.45) is 4.99 Å². The summed E-state index contributed by atoms with van der Waals surface area (Å²) in [5.74, 6) is -0.0134. The number of allylic oxidation sites excluding steroid dienone is 2. The number of benzene rings is 1. The van der Waals surface area contributed by atoms with Gasteiger partial charge in [-0.15, -0.1) is 0 Å². The molecule has 0 aliphatic rings. The van der Waals surface area contributed by atoms with Crippen molar-refractivity contribution in [3.05, 3.63) is 47.2 Å². The predicted molar refractivity (Wildman–Crippen MR) is 67.7 cm³/mol. The van der Waals surface area contributed by atoms with Crippen molar-refractivity contribution in [2.75, 3.05) is 0 Å². The first-order chi connectivity index (χ1) is 7.65. The van der Waals surface area contributed by atoms with Crippen LogP contribution in [-0.4, -0.2) is 12.5 Å². The van der Waals surface area contributed by atoms with Crippen molar-refractivity contribution in [1.82, 2.24) is 0 Å². The summed E-state index contributed by atoms with van der Waals surface area (Å²) >= 11 is 0. The van der Waals surface area contributed by atoms with Crippen LogP contribution in [0.2, 0.25) is 0 Å². The lowest BCUT2D eigenvalue weighted by Crippen LogP contribution is -1.98. The van der Waals surface area contributed by atoms with Gasteiger partial charge in [0.05, 0.1) is 0 Å². The van der Waals surface area contributed by atoms with Gasteiger partial charge in [-0.05, 0) is 37.6 Å². The Morgan fingerprint density at radius 2 is 1.88 bits per heavy atom. The fourth-order valence-electron chi connectivity index (χ4n) is 1.64. The van der Waals surface area contributed by atoms with Crippen LogP contribution in [0.15, 0.2) is 46.6 Å². The first-order valence-corrected chi connectivity index (χ1v) is 5.36. The van der Waals surface area contributed by atoms with Gasteiger partial charge in [0.1, 0.15) is 5.70 Å². The fourth-order valence-corrected chi connectivity index (χ4v) is 1.64. The highest BCUT2D eigenvalue weighted by Crippen LogP contribution is 2.14. The molecule has 16 heavy (non-hydrogen) atoms. The smallest absolute Gasteiger partial charge is 0.178 e. The highest BCUT2D eigenvalue weighted by atomic mass is 16.1. The van der Waals surface area contributed by atoms with E-state index in [1.165, 1.54) is 12.5 Å². The zero-order valence-corrected chi connectivity index (χ0v) is 9.86. The molecule has 0 saturated heterocycles. The summed E-state index contributed by atoms with van der Waals surface area (Å²) in [6, 6.07) is 10.2. The normalized spacial score (nSPS) is 11.9. The molecule has 2 nitrogen and oxygen atoms in total. The zero-order valence-electron chi connectivity index (χ0n) is 9.86. The van der Waals surface area contributed by atoms with E-state index in [2.05, 4.69) is 23.8 Å². The molecule has 0 bridgehead atoms. The van der Waals surface area contributed by atoms with Crippen molar-refractivity contribution in [2.45, 2.75) is 26.7 Å². The molecule has 0 unspecified atom stereocenters. The Hall–Kier alpha value is -1.70.